The van der Waals surface area contributed by atoms with Gasteiger partial charge in [0.2, 0.25) is 0 Å². The summed E-state index contributed by atoms with van der Waals surface area (Å²) in [6.45, 7) is 1.69. The van der Waals surface area contributed by atoms with Crippen molar-refractivity contribution < 1.29 is 28.6 Å². The summed E-state index contributed by atoms with van der Waals surface area (Å²) in [6, 6.07) is 5.87. The molecule has 1 atom stereocenters. The van der Waals surface area contributed by atoms with Gasteiger partial charge in [0.15, 0.2) is 6.10 Å². The Hall–Kier alpha value is -2.37. The maximum Gasteiger partial charge on any atom is 0.347 e. The Labute approximate surface area is 116 Å². The van der Waals surface area contributed by atoms with Crippen LogP contribution in [0.1, 0.15) is 34.1 Å². The average molecular weight is 280 g/mol. The molecule has 1 aromatic carbocycles. The largest absolute Gasteiger partial charge is 0.466 e. The normalized spacial score (nSPS) is 11.3. The highest BCUT2D eigenvalue weighted by Gasteiger charge is 2.22. The molecule has 6 nitrogen and oxygen atoms in total. The molecule has 0 aromatic heterocycles. The second kappa shape index (κ2) is 7.28. The van der Waals surface area contributed by atoms with Crippen LogP contribution in [0.15, 0.2) is 24.3 Å². The lowest BCUT2D eigenvalue weighted by atomic mass is 10.1. The van der Waals surface area contributed by atoms with Crippen LogP contribution in [0.25, 0.3) is 0 Å². The average Bonchev–Trinajstić information content (AvgIpc) is 2.50. The lowest BCUT2D eigenvalue weighted by Gasteiger charge is -2.13. The fourth-order valence-corrected chi connectivity index (χ4v) is 1.52. The van der Waals surface area contributed by atoms with Crippen molar-refractivity contribution in [1.82, 2.24) is 0 Å². The number of ether oxygens (including phenoxy) is 3. The molecule has 0 unspecified atom stereocenters. The number of benzene rings is 1. The van der Waals surface area contributed by atoms with Gasteiger partial charge in [-0.25, -0.2) is 14.4 Å². The lowest BCUT2D eigenvalue weighted by molar-refractivity contribution is -0.151. The first-order valence-electron chi connectivity index (χ1n) is 6.00. The van der Waals surface area contributed by atoms with Gasteiger partial charge < -0.3 is 14.2 Å². The van der Waals surface area contributed by atoms with Crippen LogP contribution in [0.5, 0.6) is 0 Å². The summed E-state index contributed by atoms with van der Waals surface area (Å²) in [6.07, 6.45) is -0.663. The molecule has 0 radical (unpaired) electrons. The number of rotatable bonds is 5. The van der Waals surface area contributed by atoms with Crippen LogP contribution in [0.2, 0.25) is 0 Å². The van der Waals surface area contributed by atoms with Gasteiger partial charge in [0.1, 0.15) is 0 Å². The van der Waals surface area contributed by atoms with Gasteiger partial charge in [-0.2, -0.15) is 0 Å². The number of carbonyl (C=O) groups is 3. The molecule has 0 amide bonds. The highest BCUT2D eigenvalue weighted by atomic mass is 16.6. The fraction of sp³-hybridized carbons (Fsp3) is 0.357. The first-order valence-corrected chi connectivity index (χ1v) is 6.00. The van der Waals surface area contributed by atoms with Gasteiger partial charge in [-0.15, -0.1) is 0 Å². The maximum atomic E-state index is 11.9. The molecule has 0 spiro atoms. The van der Waals surface area contributed by atoms with Gasteiger partial charge in [-0.3, -0.25) is 0 Å². The Kier molecular flexibility index (Phi) is 5.71. The first-order chi connectivity index (χ1) is 9.53. The van der Waals surface area contributed by atoms with E-state index in [0.29, 0.717) is 6.42 Å². The van der Waals surface area contributed by atoms with Crippen molar-refractivity contribution in [1.29, 1.82) is 0 Å². The zero-order chi connectivity index (χ0) is 15.1. The molecular weight excluding hydrogens is 264 g/mol. The zero-order valence-corrected chi connectivity index (χ0v) is 11.5. The van der Waals surface area contributed by atoms with Crippen molar-refractivity contribution in [2.75, 3.05) is 14.2 Å². The quantitative estimate of drug-likeness (QED) is 0.602. The third-order valence-corrected chi connectivity index (χ3v) is 2.60. The van der Waals surface area contributed by atoms with E-state index in [2.05, 4.69) is 9.47 Å². The summed E-state index contributed by atoms with van der Waals surface area (Å²) >= 11 is 0. The number of hydrogen-bond donors (Lipinski definition) is 0. The van der Waals surface area contributed by atoms with Crippen LogP contribution >= 0.6 is 0 Å². The molecule has 0 saturated heterocycles. The van der Waals surface area contributed by atoms with Crippen molar-refractivity contribution in [3.63, 3.8) is 0 Å². The van der Waals surface area contributed by atoms with Gasteiger partial charge >= 0.3 is 17.9 Å². The minimum atomic E-state index is -0.964. The Bertz CT molecular complexity index is 508. The van der Waals surface area contributed by atoms with E-state index in [1.54, 1.807) is 6.92 Å². The summed E-state index contributed by atoms with van der Waals surface area (Å²) < 4.78 is 14.1. The van der Waals surface area contributed by atoms with Crippen molar-refractivity contribution in [3.05, 3.63) is 35.4 Å². The molecule has 1 rings (SSSR count). The SMILES string of the molecule is CC[C@H](OC(=O)c1cccc(C(=O)OC)c1)C(=O)OC. The Morgan fingerprint density at radius 2 is 1.65 bits per heavy atom. The molecule has 0 bridgehead atoms. The summed E-state index contributed by atoms with van der Waals surface area (Å²) in [7, 11) is 2.47. The van der Waals surface area contributed by atoms with E-state index in [1.807, 2.05) is 0 Å². The van der Waals surface area contributed by atoms with E-state index in [0.717, 1.165) is 0 Å². The summed E-state index contributed by atoms with van der Waals surface area (Å²) in [4.78, 5) is 34.6. The third kappa shape index (κ3) is 3.81. The maximum absolute atomic E-state index is 11.9. The van der Waals surface area contributed by atoms with E-state index >= 15 is 0 Å². The van der Waals surface area contributed by atoms with Gasteiger partial charge in [0.05, 0.1) is 25.3 Å². The molecule has 20 heavy (non-hydrogen) atoms. The summed E-state index contributed by atoms with van der Waals surface area (Å²) in [5.41, 5.74) is 0.392. The molecule has 0 saturated carbocycles. The van der Waals surface area contributed by atoms with Crippen LogP contribution in [0.3, 0.4) is 0 Å². The Morgan fingerprint density at radius 1 is 1.05 bits per heavy atom. The molecule has 0 aliphatic carbocycles. The van der Waals surface area contributed by atoms with E-state index in [9.17, 15) is 14.4 Å². The summed E-state index contributed by atoms with van der Waals surface area (Å²) in [5, 5.41) is 0. The molecule has 0 aliphatic rings. The number of carbonyl (C=O) groups excluding carboxylic acids is 3. The van der Waals surface area contributed by atoms with E-state index in [4.69, 9.17) is 4.74 Å². The highest BCUT2D eigenvalue weighted by molar-refractivity contribution is 5.96. The highest BCUT2D eigenvalue weighted by Crippen LogP contribution is 2.11. The monoisotopic (exact) mass is 280 g/mol. The fourth-order valence-electron chi connectivity index (χ4n) is 1.52. The zero-order valence-electron chi connectivity index (χ0n) is 11.5. The topological polar surface area (TPSA) is 78.9 Å². The van der Waals surface area contributed by atoms with E-state index in [-0.39, 0.29) is 11.1 Å². The van der Waals surface area contributed by atoms with Crippen LogP contribution in [0, 0.1) is 0 Å². The van der Waals surface area contributed by atoms with Gasteiger partial charge in [0.25, 0.3) is 0 Å². The second-order valence-corrected chi connectivity index (χ2v) is 3.90. The number of methoxy groups -OCH3 is 2. The minimum absolute atomic E-state index is 0.162. The standard InChI is InChI=1S/C14H16O6/c1-4-11(14(17)19-3)20-13(16)10-7-5-6-9(8-10)12(15)18-2/h5-8,11H,4H2,1-3H3/t11-/m0/s1. The number of esters is 3. The second-order valence-electron chi connectivity index (χ2n) is 3.90. The van der Waals surface area contributed by atoms with Gasteiger partial charge in [-0.05, 0) is 24.6 Å². The van der Waals surface area contributed by atoms with Crippen molar-refractivity contribution in [2.45, 2.75) is 19.4 Å². The molecule has 0 heterocycles. The minimum Gasteiger partial charge on any atom is -0.466 e. The molecule has 0 aliphatic heterocycles. The van der Waals surface area contributed by atoms with Crippen LogP contribution < -0.4 is 0 Å². The van der Waals surface area contributed by atoms with Crippen LogP contribution in [-0.4, -0.2) is 38.2 Å². The molecular formula is C14H16O6. The van der Waals surface area contributed by atoms with Gasteiger partial charge in [-0.1, -0.05) is 13.0 Å². The predicted octanol–water partition coefficient (Wildman–Crippen LogP) is 1.58. The van der Waals surface area contributed by atoms with Crippen LogP contribution in [-0.2, 0) is 19.0 Å². The number of hydrogen-bond acceptors (Lipinski definition) is 6. The molecule has 108 valence electrons. The van der Waals surface area contributed by atoms with Crippen molar-refractivity contribution >= 4 is 17.9 Å². The summed E-state index contributed by atoms with van der Waals surface area (Å²) in [5.74, 6) is -1.88. The van der Waals surface area contributed by atoms with Crippen molar-refractivity contribution in [2.24, 2.45) is 0 Å². The first kappa shape index (κ1) is 15.7. The van der Waals surface area contributed by atoms with Crippen molar-refractivity contribution in [3.8, 4) is 0 Å². The molecule has 0 fully saturated rings. The molecule has 1 aromatic rings. The predicted molar refractivity (Wildman–Crippen MR) is 69.3 cm³/mol. The molecule has 0 N–H and O–H groups in total. The smallest absolute Gasteiger partial charge is 0.347 e. The van der Waals surface area contributed by atoms with Gasteiger partial charge in [0, 0.05) is 0 Å². The Balaban J connectivity index is 2.87. The Morgan fingerprint density at radius 3 is 2.15 bits per heavy atom. The lowest BCUT2D eigenvalue weighted by Crippen LogP contribution is -2.27. The van der Waals surface area contributed by atoms with Crippen LogP contribution in [0.4, 0.5) is 0 Å². The third-order valence-electron chi connectivity index (χ3n) is 2.60. The molecule has 6 heteroatoms. The van der Waals surface area contributed by atoms with E-state index in [1.165, 1.54) is 38.5 Å². The van der Waals surface area contributed by atoms with E-state index < -0.39 is 24.0 Å².